The Morgan fingerprint density at radius 3 is 3.09 bits per heavy atom. The van der Waals surface area contributed by atoms with E-state index in [0.717, 1.165) is 12.2 Å². The average molecular weight is 194 g/mol. The molecule has 1 aliphatic heterocycles. The fourth-order valence-electron chi connectivity index (χ4n) is 1.03. The summed E-state index contributed by atoms with van der Waals surface area (Å²) in [7, 11) is 0. The smallest absolute Gasteiger partial charge is 0.221 e. The molecule has 1 saturated heterocycles. The highest BCUT2D eigenvalue weighted by Crippen LogP contribution is 2.16. The largest absolute Gasteiger partial charge is 0.352 e. The molecule has 1 fully saturated rings. The lowest BCUT2D eigenvalue weighted by Gasteiger charge is -2.09. The van der Waals surface area contributed by atoms with Crippen molar-refractivity contribution in [1.29, 1.82) is 0 Å². The molecule has 11 heavy (non-hydrogen) atoms. The van der Waals surface area contributed by atoms with Crippen LogP contribution >= 0.6 is 23.4 Å². The summed E-state index contributed by atoms with van der Waals surface area (Å²) in [6.07, 6.45) is 1.56. The van der Waals surface area contributed by atoms with E-state index in [1.807, 2.05) is 11.8 Å². The van der Waals surface area contributed by atoms with E-state index >= 15 is 0 Å². The van der Waals surface area contributed by atoms with Crippen molar-refractivity contribution in [1.82, 2.24) is 5.32 Å². The van der Waals surface area contributed by atoms with E-state index in [9.17, 15) is 4.79 Å². The van der Waals surface area contributed by atoms with Gasteiger partial charge in [0.15, 0.2) is 0 Å². The zero-order chi connectivity index (χ0) is 8.10. The van der Waals surface area contributed by atoms with Crippen molar-refractivity contribution in [2.24, 2.45) is 0 Å². The normalized spacial score (nSPS) is 23.5. The SMILES string of the molecule is O=C(CCCl)NC1CCSC1. The third kappa shape index (κ3) is 3.34. The van der Waals surface area contributed by atoms with E-state index in [2.05, 4.69) is 5.32 Å². The van der Waals surface area contributed by atoms with Crippen LogP contribution in [0.1, 0.15) is 12.8 Å². The number of alkyl halides is 1. The third-order valence-corrected chi connectivity index (χ3v) is 2.97. The first-order valence-electron chi connectivity index (χ1n) is 3.76. The van der Waals surface area contributed by atoms with Gasteiger partial charge < -0.3 is 5.32 Å². The molecule has 0 aliphatic carbocycles. The van der Waals surface area contributed by atoms with Gasteiger partial charge in [-0.05, 0) is 12.2 Å². The van der Waals surface area contributed by atoms with Gasteiger partial charge in [-0.2, -0.15) is 11.8 Å². The van der Waals surface area contributed by atoms with Crippen LogP contribution in [0.25, 0.3) is 0 Å². The Labute approximate surface area is 76.1 Å². The van der Waals surface area contributed by atoms with Crippen LogP contribution in [0.15, 0.2) is 0 Å². The number of rotatable bonds is 3. The minimum Gasteiger partial charge on any atom is -0.352 e. The number of amides is 1. The maximum absolute atomic E-state index is 11.0. The van der Waals surface area contributed by atoms with Gasteiger partial charge in [-0.25, -0.2) is 0 Å². The highest BCUT2D eigenvalue weighted by Gasteiger charge is 2.16. The van der Waals surface area contributed by atoms with Crippen LogP contribution in [0, 0.1) is 0 Å². The zero-order valence-electron chi connectivity index (χ0n) is 6.31. The second-order valence-corrected chi connectivity index (χ2v) is 4.09. The van der Waals surface area contributed by atoms with Gasteiger partial charge >= 0.3 is 0 Å². The van der Waals surface area contributed by atoms with E-state index in [0.29, 0.717) is 18.3 Å². The fourth-order valence-corrected chi connectivity index (χ4v) is 2.36. The molecule has 1 amide bonds. The van der Waals surface area contributed by atoms with Crippen molar-refractivity contribution < 1.29 is 4.79 Å². The summed E-state index contributed by atoms with van der Waals surface area (Å²) in [6, 6.07) is 0.399. The van der Waals surface area contributed by atoms with Crippen LogP contribution in [-0.4, -0.2) is 29.3 Å². The Morgan fingerprint density at radius 1 is 1.73 bits per heavy atom. The molecule has 0 aromatic carbocycles. The minimum atomic E-state index is 0.0903. The van der Waals surface area contributed by atoms with Crippen LogP contribution in [0.3, 0.4) is 0 Å². The molecule has 0 spiro atoms. The van der Waals surface area contributed by atoms with Crippen molar-refractivity contribution in [3.05, 3.63) is 0 Å². The van der Waals surface area contributed by atoms with Crippen molar-refractivity contribution in [3.8, 4) is 0 Å². The number of hydrogen-bond acceptors (Lipinski definition) is 2. The number of nitrogens with one attached hydrogen (secondary N) is 1. The maximum Gasteiger partial charge on any atom is 0.221 e. The first kappa shape index (κ1) is 9.20. The summed E-state index contributed by atoms with van der Waals surface area (Å²) in [6.45, 7) is 0. The molecule has 0 aromatic heterocycles. The molecule has 0 radical (unpaired) electrons. The van der Waals surface area contributed by atoms with Crippen LogP contribution in [0.5, 0.6) is 0 Å². The van der Waals surface area contributed by atoms with Gasteiger partial charge in [0.25, 0.3) is 0 Å². The van der Waals surface area contributed by atoms with Gasteiger partial charge in [0, 0.05) is 24.1 Å². The number of halogens is 1. The molecule has 0 aromatic rings. The topological polar surface area (TPSA) is 29.1 Å². The van der Waals surface area contributed by atoms with Crippen molar-refractivity contribution in [3.63, 3.8) is 0 Å². The lowest BCUT2D eigenvalue weighted by atomic mass is 10.2. The zero-order valence-corrected chi connectivity index (χ0v) is 7.88. The molecule has 1 aliphatic rings. The van der Waals surface area contributed by atoms with Crippen molar-refractivity contribution in [2.75, 3.05) is 17.4 Å². The van der Waals surface area contributed by atoms with E-state index in [4.69, 9.17) is 11.6 Å². The van der Waals surface area contributed by atoms with Gasteiger partial charge in [0.05, 0.1) is 0 Å². The molecule has 4 heteroatoms. The van der Waals surface area contributed by atoms with Gasteiger partial charge in [-0.1, -0.05) is 0 Å². The van der Waals surface area contributed by atoms with E-state index < -0.39 is 0 Å². The summed E-state index contributed by atoms with van der Waals surface area (Å²) < 4.78 is 0. The molecule has 1 heterocycles. The third-order valence-electron chi connectivity index (χ3n) is 1.62. The summed E-state index contributed by atoms with van der Waals surface area (Å²) in [4.78, 5) is 11.0. The maximum atomic E-state index is 11.0. The number of carbonyl (C=O) groups excluding carboxylic acids is 1. The second-order valence-electron chi connectivity index (χ2n) is 2.57. The molecule has 64 valence electrons. The summed E-state index contributed by atoms with van der Waals surface area (Å²) in [5.74, 6) is 2.75. The molecular formula is C7H12ClNOS. The van der Waals surface area contributed by atoms with Crippen LogP contribution in [0.2, 0.25) is 0 Å². The highest BCUT2D eigenvalue weighted by atomic mass is 35.5. The quantitative estimate of drug-likeness (QED) is 0.684. The highest BCUT2D eigenvalue weighted by molar-refractivity contribution is 7.99. The molecule has 0 saturated carbocycles. The van der Waals surface area contributed by atoms with Gasteiger partial charge in [0.1, 0.15) is 0 Å². The van der Waals surface area contributed by atoms with Crippen LogP contribution in [-0.2, 0) is 4.79 Å². The summed E-state index contributed by atoms with van der Waals surface area (Å²) >= 11 is 7.31. The summed E-state index contributed by atoms with van der Waals surface area (Å²) in [5.41, 5.74) is 0. The van der Waals surface area contributed by atoms with Gasteiger partial charge in [0.2, 0.25) is 5.91 Å². The molecule has 1 N–H and O–H groups in total. The second kappa shape index (κ2) is 4.88. The predicted octanol–water partition coefficient (Wildman–Crippen LogP) is 1.24. The van der Waals surface area contributed by atoms with Crippen molar-refractivity contribution in [2.45, 2.75) is 18.9 Å². The number of thioether (sulfide) groups is 1. The monoisotopic (exact) mass is 193 g/mol. The molecule has 1 rings (SSSR count). The standard InChI is InChI=1S/C7H12ClNOS/c8-3-1-7(10)9-6-2-4-11-5-6/h6H,1-5H2,(H,9,10). The lowest BCUT2D eigenvalue weighted by Crippen LogP contribution is -2.34. The predicted molar refractivity (Wildman–Crippen MR) is 49.2 cm³/mol. The molecule has 1 unspecified atom stereocenters. The van der Waals surface area contributed by atoms with Crippen LogP contribution in [0.4, 0.5) is 0 Å². The van der Waals surface area contributed by atoms with Gasteiger partial charge in [-0.3, -0.25) is 4.79 Å². The Balaban J connectivity index is 2.13. The molecule has 0 bridgehead atoms. The lowest BCUT2D eigenvalue weighted by molar-refractivity contribution is -0.121. The van der Waals surface area contributed by atoms with E-state index in [1.54, 1.807) is 0 Å². The number of carbonyl (C=O) groups is 1. The Morgan fingerprint density at radius 2 is 2.55 bits per heavy atom. The van der Waals surface area contributed by atoms with Gasteiger partial charge in [-0.15, -0.1) is 11.6 Å². The molecule has 1 atom stereocenters. The molecule has 2 nitrogen and oxygen atoms in total. The minimum absolute atomic E-state index is 0.0903. The van der Waals surface area contributed by atoms with Crippen molar-refractivity contribution >= 4 is 29.3 Å². The first-order chi connectivity index (χ1) is 5.33. The number of hydrogen-bond donors (Lipinski definition) is 1. The van der Waals surface area contributed by atoms with E-state index in [-0.39, 0.29) is 5.91 Å². The Kier molecular flexibility index (Phi) is 4.08. The van der Waals surface area contributed by atoms with E-state index in [1.165, 1.54) is 5.75 Å². The summed E-state index contributed by atoms with van der Waals surface area (Å²) in [5, 5.41) is 2.94. The molecular weight excluding hydrogens is 182 g/mol. The Hall–Kier alpha value is 0.110. The fraction of sp³-hybridized carbons (Fsp3) is 0.857. The first-order valence-corrected chi connectivity index (χ1v) is 5.45. The van der Waals surface area contributed by atoms with Crippen LogP contribution < -0.4 is 5.32 Å². The Bertz CT molecular complexity index is 136. The average Bonchev–Trinajstić information content (AvgIpc) is 2.40.